The van der Waals surface area contributed by atoms with Crippen LogP contribution < -0.4 is 0 Å². The Bertz CT molecular complexity index is 888. The SMILES string of the molecule is Oc1ccc(CCc2cc(O)c(O)cc2CCc2ccccc2)cc1O. The van der Waals surface area contributed by atoms with Gasteiger partial charge in [0.1, 0.15) is 0 Å². The number of phenols is 4. The van der Waals surface area contributed by atoms with E-state index in [0.29, 0.717) is 12.8 Å². The Morgan fingerprint density at radius 1 is 0.462 bits per heavy atom. The van der Waals surface area contributed by atoms with Crippen molar-refractivity contribution in [3.05, 3.63) is 82.9 Å². The average molecular weight is 350 g/mol. The summed E-state index contributed by atoms with van der Waals surface area (Å²) in [7, 11) is 0. The first-order chi connectivity index (χ1) is 12.5. The van der Waals surface area contributed by atoms with Crippen LogP contribution in [0, 0.1) is 0 Å². The molecule has 0 amide bonds. The Morgan fingerprint density at radius 2 is 1.00 bits per heavy atom. The number of hydrogen-bond acceptors (Lipinski definition) is 4. The van der Waals surface area contributed by atoms with Crippen LogP contribution in [0.15, 0.2) is 60.7 Å². The van der Waals surface area contributed by atoms with Gasteiger partial charge in [0.05, 0.1) is 0 Å². The predicted molar refractivity (Wildman–Crippen MR) is 101 cm³/mol. The highest BCUT2D eigenvalue weighted by Gasteiger charge is 2.10. The first kappa shape index (κ1) is 17.7. The molecule has 0 spiro atoms. The molecule has 0 aliphatic rings. The van der Waals surface area contributed by atoms with Gasteiger partial charge in [-0.3, -0.25) is 0 Å². The molecular formula is C22H22O4. The zero-order chi connectivity index (χ0) is 18.5. The Labute approximate surface area is 152 Å². The van der Waals surface area contributed by atoms with Gasteiger partial charge in [0.2, 0.25) is 0 Å². The first-order valence-corrected chi connectivity index (χ1v) is 8.61. The van der Waals surface area contributed by atoms with E-state index in [1.54, 1.807) is 24.3 Å². The lowest BCUT2D eigenvalue weighted by Crippen LogP contribution is -2.00. The van der Waals surface area contributed by atoms with E-state index in [1.807, 2.05) is 18.2 Å². The zero-order valence-electron chi connectivity index (χ0n) is 14.4. The molecule has 0 atom stereocenters. The van der Waals surface area contributed by atoms with Crippen molar-refractivity contribution in [1.82, 2.24) is 0 Å². The smallest absolute Gasteiger partial charge is 0.157 e. The van der Waals surface area contributed by atoms with Crippen LogP contribution in [0.4, 0.5) is 0 Å². The second-order valence-corrected chi connectivity index (χ2v) is 6.42. The summed E-state index contributed by atoms with van der Waals surface area (Å²) in [6.07, 6.45) is 2.91. The van der Waals surface area contributed by atoms with Crippen LogP contribution in [-0.2, 0) is 25.7 Å². The fourth-order valence-corrected chi connectivity index (χ4v) is 3.06. The molecule has 0 heterocycles. The van der Waals surface area contributed by atoms with Gasteiger partial charge in [-0.2, -0.15) is 0 Å². The minimum absolute atomic E-state index is 0.112. The third-order valence-corrected chi connectivity index (χ3v) is 4.55. The van der Waals surface area contributed by atoms with Gasteiger partial charge in [-0.15, -0.1) is 0 Å². The Hall–Kier alpha value is -3.14. The minimum Gasteiger partial charge on any atom is -0.504 e. The lowest BCUT2D eigenvalue weighted by molar-refractivity contribution is 0.402. The molecule has 0 fully saturated rings. The zero-order valence-corrected chi connectivity index (χ0v) is 14.4. The molecule has 26 heavy (non-hydrogen) atoms. The van der Waals surface area contributed by atoms with E-state index in [0.717, 1.165) is 29.5 Å². The third kappa shape index (κ3) is 4.28. The van der Waals surface area contributed by atoms with Gasteiger partial charge in [-0.25, -0.2) is 0 Å². The fourth-order valence-electron chi connectivity index (χ4n) is 3.06. The van der Waals surface area contributed by atoms with Crippen molar-refractivity contribution in [2.75, 3.05) is 0 Å². The van der Waals surface area contributed by atoms with E-state index in [9.17, 15) is 20.4 Å². The molecular weight excluding hydrogens is 328 g/mol. The maximum absolute atomic E-state index is 9.86. The molecule has 3 aromatic carbocycles. The Morgan fingerprint density at radius 3 is 1.58 bits per heavy atom. The Balaban J connectivity index is 1.76. The van der Waals surface area contributed by atoms with Gasteiger partial charge in [0, 0.05) is 0 Å². The summed E-state index contributed by atoms with van der Waals surface area (Å²) in [5.74, 6) is -0.518. The van der Waals surface area contributed by atoms with Crippen molar-refractivity contribution in [3.63, 3.8) is 0 Å². The van der Waals surface area contributed by atoms with E-state index >= 15 is 0 Å². The number of hydrogen-bond donors (Lipinski definition) is 4. The third-order valence-electron chi connectivity index (χ3n) is 4.55. The summed E-state index contributed by atoms with van der Waals surface area (Å²) in [5, 5.41) is 38.8. The molecule has 0 bridgehead atoms. The number of aromatic hydroxyl groups is 4. The van der Waals surface area contributed by atoms with E-state index < -0.39 is 0 Å². The molecule has 0 saturated carbocycles. The maximum atomic E-state index is 9.86. The molecule has 4 heteroatoms. The van der Waals surface area contributed by atoms with Crippen LogP contribution in [-0.4, -0.2) is 20.4 Å². The number of aryl methyl sites for hydroxylation is 4. The van der Waals surface area contributed by atoms with Crippen LogP contribution in [0.3, 0.4) is 0 Å². The number of phenolic OH excluding ortho intramolecular Hbond substituents is 4. The quantitative estimate of drug-likeness (QED) is 0.505. The molecule has 3 rings (SSSR count). The highest BCUT2D eigenvalue weighted by Crippen LogP contribution is 2.31. The summed E-state index contributed by atoms with van der Waals surface area (Å²) in [6, 6.07) is 18.1. The van der Waals surface area contributed by atoms with Crippen LogP contribution in [0.5, 0.6) is 23.0 Å². The molecule has 0 radical (unpaired) electrons. The molecule has 0 aromatic heterocycles. The van der Waals surface area contributed by atoms with Crippen LogP contribution >= 0.6 is 0 Å². The topological polar surface area (TPSA) is 80.9 Å². The van der Waals surface area contributed by atoms with E-state index in [2.05, 4.69) is 12.1 Å². The van der Waals surface area contributed by atoms with E-state index in [4.69, 9.17) is 0 Å². The standard InChI is InChI=1S/C22H22O4/c23-19-11-8-16(12-20(19)24)7-10-18-14-22(26)21(25)13-17(18)9-6-15-4-2-1-3-5-15/h1-5,8,11-14,23-26H,6-7,9-10H2. The van der Waals surface area contributed by atoms with Crippen molar-refractivity contribution < 1.29 is 20.4 Å². The van der Waals surface area contributed by atoms with Crippen LogP contribution in [0.1, 0.15) is 22.3 Å². The summed E-state index contributed by atoms with van der Waals surface area (Å²) >= 11 is 0. The van der Waals surface area contributed by atoms with Gasteiger partial charge >= 0.3 is 0 Å². The largest absolute Gasteiger partial charge is 0.504 e. The van der Waals surface area contributed by atoms with Crippen molar-refractivity contribution in [3.8, 4) is 23.0 Å². The highest BCUT2D eigenvalue weighted by molar-refractivity contribution is 5.47. The predicted octanol–water partition coefficient (Wildman–Crippen LogP) is 4.08. The maximum Gasteiger partial charge on any atom is 0.157 e. The molecule has 0 aliphatic carbocycles. The lowest BCUT2D eigenvalue weighted by atomic mass is 9.95. The van der Waals surface area contributed by atoms with E-state index in [1.165, 1.54) is 11.6 Å². The van der Waals surface area contributed by atoms with Gasteiger partial charge in [-0.05, 0) is 72.2 Å². The van der Waals surface area contributed by atoms with Crippen LogP contribution in [0.2, 0.25) is 0 Å². The normalized spacial score (nSPS) is 10.8. The van der Waals surface area contributed by atoms with Crippen LogP contribution in [0.25, 0.3) is 0 Å². The van der Waals surface area contributed by atoms with Gasteiger partial charge in [0.25, 0.3) is 0 Å². The van der Waals surface area contributed by atoms with E-state index in [-0.39, 0.29) is 23.0 Å². The molecule has 4 N–H and O–H groups in total. The number of benzene rings is 3. The fraction of sp³-hybridized carbons (Fsp3) is 0.182. The molecule has 4 nitrogen and oxygen atoms in total. The van der Waals surface area contributed by atoms with Crippen molar-refractivity contribution >= 4 is 0 Å². The molecule has 0 unspecified atom stereocenters. The van der Waals surface area contributed by atoms with Gasteiger partial charge in [-0.1, -0.05) is 36.4 Å². The lowest BCUT2D eigenvalue weighted by Gasteiger charge is -2.12. The summed E-state index contributed by atoms with van der Waals surface area (Å²) in [4.78, 5) is 0. The van der Waals surface area contributed by atoms with Gasteiger partial charge < -0.3 is 20.4 Å². The number of rotatable bonds is 6. The van der Waals surface area contributed by atoms with Gasteiger partial charge in [0.15, 0.2) is 23.0 Å². The first-order valence-electron chi connectivity index (χ1n) is 8.61. The van der Waals surface area contributed by atoms with Crippen molar-refractivity contribution in [2.24, 2.45) is 0 Å². The Kier molecular flexibility index (Phi) is 5.32. The average Bonchev–Trinajstić information content (AvgIpc) is 2.64. The summed E-state index contributed by atoms with van der Waals surface area (Å²) in [6.45, 7) is 0. The second kappa shape index (κ2) is 7.83. The summed E-state index contributed by atoms with van der Waals surface area (Å²) in [5.41, 5.74) is 4.06. The molecule has 3 aromatic rings. The van der Waals surface area contributed by atoms with Crippen molar-refractivity contribution in [1.29, 1.82) is 0 Å². The second-order valence-electron chi connectivity index (χ2n) is 6.42. The molecule has 0 aliphatic heterocycles. The monoisotopic (exact) mass is 350 g/mol. The highest BCUT2D eigenvalue weighted by atomic mass is 16.3. The minimum atomic E-state index is -0.139. The molecule has 0 saturated heterocycles. The summed E-state index contributed by atoms with van der Waals surface area (Å²) < 4.78 is 0. The molecule has 134 valence electrons. The van der Waals surface area contributed by atoms with Crippen molar-refractivity contribution in [2.45, 2.75) is 25.7 Å².